The van der Waals surface area contributed by atoms with E-state index in [-0.39, 0.29) is 24.0 Å². The Balaban J connectivity index is 0.00000363. The molecule has 0 saturated carbocycles. The molecule has 182 valence electrons. The van der Waals surface area contributed by atoms with Gasteiger partial charge in [-0.3, -0.25) is 9.89 Å². The van der Waals surface area contributed by atoms with Crippen LogP contribution in [0.25, 0.3) is 0 Å². The molecule has 0 radical (unpaired) electrons. The number of aliphatic imine (C=N–C) groups is 1. The molecule has 2 N–H and O–H groups in total. The van der Waals surface area contributed by atoms with Crippen LogP contribution in [-0.4, -0.2) is 92.1 Å². The third kappa shape index (κ3) is 9.53. The minimum Gasteiger partial charge on any atom is -0.357 e. The molecule has 1 aromatic rings. The van der Waals surface area contributed by atoms with Crippen molar-refractivity contribution in [1.29, 1.82) is 0 Å². The number of guanidine groups is 1. The highest BCUT2D eigenvalue weighted by atomic mass is 127. The first kappa shape index (κ1) is 27.3. The second kappa shape index (κ2) is 15.1. The molecule has 0 spiro atoms. The maximum atomic E-state index is 4.89. The zero-order chi connectivity index (χ0) is 21.9. The lowest BCUT2D eigenvalue weighted by atomic mass is 9.97. The Morgan fingerprint density at radius 1 is 1.09 bits per heavy atom. The second-order valence-corrected chi connectivity index (χ2v) is 9.28. The Bertz CT molecular complexity index is 655. The lowest BCUT2D eigenvalue weighted by molar-refractivity contribution is 0.134. The number of nitrogens with zero attached hydrogens (tertiary/aromatic N) is 4. The van der Waals surface area contributed by atoms with E-state index in [0.29, 0.717) is 12.1 Å². The van der Waals surface area contributed by atoms with E-state index < -0.39 is 0 Å². The third-order valence-corrected chi connectivity index (χ3v) is 6.64. The SMILES string of the molecule is CCNC(=NCCCN1CCCN(C)CC1)NC1CCN(Cc2ccccc2)C(C)C1.I. The topological polar surface area (TPSA) is 46.1 Å². The fourth-order valence-corrected chi connectivity index (χ4v) is 4.73. The zero-order valence-electron chi connectivity index (χ0n) is 20.4. The number of piperidine rings is 1. The van der Waals surface area contributed by atoms with Gasteiger partial charge < -0.3 is 20.4 Å². The number of halogens is 1. The van der Waals surface area contributed by atoms with Gasteiger partial charge in [0.05, 0.1) is 0 Å². The first-order chi connectivity index (χ1) is 15.1. The number of rotatable bonds is 8. The van der Waals surface area contributed by atoms with E-state index in [4.69, 9.17) is 4.99 Å². The number of likely N-dealkylation sites (tertiary alicyclic amines) is 1. The Morgan fingerprint density at radius 2 is 1.91 bits per heavy atom. The molecule has 0 amide bonds. The summed E-state index contributed by atoms with van der Waals surface area (Å²) in [4.78, 5) is 12.5. The minimum atomic E-state index is 0. The molecule has 2 aliphatic rings. The predicted molar refractivity (Wildman–Crippen MR) is 147 cm³/mol. The largest absolute Gasteiger partial charge is 0.357 e. The summed E-state index contributed by atoms with van der Waals surface area (Å²) in [7, 11) is 2.23. The monoisotopic (exact) mass is 556 g/mol. The molecule has 2 fully saturated rings. The molecule has 2 saturated heterocycles. The molecule has 2 atom stereocenters. The molecule has 0 bridgehead atoms. The zero-order valence-corrected chi connectivity index (χ0v) is 22.8. The van der Waals surface area contributed by atoms with Crippen molar-refractivity contribution in [3.63, 3.8) is 0 Å². The van der Waals surface area contributed by atoms with E-state index in [2.05, 4.69) is 76.6 Å². The maximum absolute atomic E-state index is 4.89. The summed E-state index contributed by atoms with van der Waals surface area (Å²) in [5.74, 6) is 0.992. The van der Waals surface area contributed by atoms with Gasteiger partial charge in [0.1, 0.15) is 0 Å². The van der Waals surface area contributed by atoms with E-state index in [1.165, 1.54) is 51.0 Å². The minimum absolute atomic E-state index is 0. The quantitative estimate of drug-likeness (QED) is 0.223. The molecule has 2 aliphatic heterocycles. The lowest BCUT2D eigenvalue weighted by Gasteiger charge is -2.38. The summed E-state index contributed by atoms with van der Waals surface area (Å²) in [6, 6.07) is 11.9. The fraction of sp³-hybridized carbons (Fsp3) is 0.720. The summed E-state index contributed by atoms with van der Waals surface area (Å²) in [6.07, 6.45) is 4.75. The first-order valence-electron chi connectivity index (χ1n) is 12.4. The van der Waals surface area contributed by atoms with Crippen molar-refractivity contribution >= 4 is 29.9 Å². The molecule has 0 aromatic heterocycles. The van der Waals surface area contributed by atoms with Gasteiger partial charge in [-0.05, 0) is 71.8 Å². The number of likely N-dealkylation sites (N-methyl/N-ethyl adjacent to an activating group) is 1. The van der Waals surface area contributed by atoms with Crippen molar-refractivity contribution in [2.45, 2.75) is 58.2 Å². The Morgan fingerprint density at radius 3 is 2.66 bits per heavy atom. The number of hydrogen-bond acceptors (Lipinski definition) is 4. The third-order valence-electron chi connectivity index (χ3n) is 6.64. The van der Waals surface area contributed by atoms with Gasteiger partial charge in [0.15, 0.2) is 5.96 Å². The van der Waals surface area contributed by atoms with Gasteiger partial charge in [-0.2, -0.15) is 0 Å². The average Bonchev–Trinajstić information content (AvgIpc) is 2.98. The molecule has 0 aliphatic carbocycles. The standard InChI is InChI=1S/C25H44N6.HI/c1-4-26-25(27-13-8-15-30-16-9-14-29(3)18-19-30)28-24-12-17-31(22(2)20-24)21-23-10-6-5-7-11-23;/h5-7,10-11,22,24H,4,8-9,12-21H2,1-3H3,(H2,26,27,28);1H. The van der Waals surface area contributed by atoms with Gasteiger partial charge in [-0.15, -0.1) is 24.0 Å². The number of benzene rings is 1. The van der Waals surface area contributed by atoms with Crippen molar-refractivity contribution in [2.24, 2.45) is 4.99 Å². The van der Waals surface area contributed by atoms with E-state index in [9.17, 15) is 0 Å². The van der Waals surface area contributed by atoms with Crippen LogP contribution in [0.3, 0.4) is 0 Å². The van der Waals surface area contributed by atoms with Crippen molar-refractivity contribution in [1.82, 2.24) is 25.3 Å². The first-order valence-corrected chi connectivity index (χ1v) is 12.4. The van der Waals surface area contributed by atoms with Gasteiger partial charge in [0.2, 0.25) is 0 Å². The summed E-state index contributed by atoms with van der Waals surface area (Å²) in [5, 5.41) is 7.17. The van der Waals surface area contributed by atoms with Crippen molar-refractivity contribution in [3.8, 4) is 0 Å². The van der Waals surface area contributed by atoms with Crippen LogP contribution in [0.1, 0.15) is 45.1 Å². The van der Waals surface area contributed by atoms with Crippen LogP contribution in [0, 0.1) is 0 Å². The number of hydrogen-bond donors (Lipinski definition) is 2. The smallest absolute Gasteiger partial charge is 0.191 e. The van der Waals surface area contributed by atoms with Gasteiger partial charge in [-0.25, -0.2) is 0 Å². The van der Waals surface area contributed by atoms with Gasteiger partial charge in [0, 0.05) is 51.4 Å². The van der Waals surface area contributed by atoms with Crippen LogP contribution in [0.15, 0.2) is 35.3 Å². The van der Waals surface area contributed by atoms with Crippen molar-refractivity contribution in [3.05, 3.63) is 35.9 Å². The van der Waals surface area contributed by atoms with Crippen LogP contribution in [0.5, 0.6) is 0 Å². The highest BCUT2D eigenvalue weighted by molar-refractivity contribution is 14.0. The van der Waals surface area contributed by atoms with Crippen LogP contribution in [0.4, 0.5) is 0 Å². The Labute approximate surface area is 213 Å². The maximum Gasteiger partial charge on any atom is 0.191 e. The lowest BCUT2D eigenvalue weighted by Crippen LogP contribution is -2.51. The highest BCUT2D eigenvalue weighted by Gasteiger charge is 2.26. The summed E-state index contributed by atoms with van der Waals surface area (Å²) in [6.45, 7) is 14.5. The van der Waals surface area contributed by atoms with Crippen LogP contribution < -0.4 is 10.6 Å². The average molecular weight is 557 g/mol. The summed E-state index contributed by atoms with van der Waals surface area (Å²) < 4.78 is 0. The summed E-state index contributed by atoms with van der Waals surface area (Å²) in [5.41, 5.74) is 1.41. The van der Waals surface area contributed by atoms with Crippen molar-refractivity contribution in [2.75, 3.05) is 59.4 Å². The molecule has 1 aromatic carbocycles. The molecule has 7 heteroatoms. The Hall–Kier alpha value is -0.900. The highest BCUT2D eigenvalue weighted by Crippen LogP contribution is 2.20. The van der Waals surface area contributed by atoms with Gasteiger partial charge in [0.25, 0.3) is 0 Å². The van der Waals surface area contributed by atoms with Crippen LogP contribution >= 0.6 is 24.0 Å². The molecule has 6 nitrogen and oxygen atoms in total. The fourth-order valence-electron chi connectivity index (χ4n) is 4.73. The van der Waals surface area contributed by atoms with Crippen LogP contribution in [0.2, 0.25) is 0 Å². The van der Waals surface area contributed by atoms with Gasteiger partial charge >= 0.3 is 0 Å². The molecule has 3 rings (SSSR count). The molecular weight excluding hydrogens is 511 g/mol. The second-order valence-electron chi connectivity index (χ2n) is 9.28. The molecular formula is C25H45IN6. The predicted octanol–water partition coefficient (Wildman–Crippen LogP) is 3.24. The Kier molecular flexibility index (Phi) is 12.9. The van der Waals surface area contributed by atoms with E-state index >= 15 is 0 Å². The number of nitrogens with one attached hydrogen (secondary N) is 2. The normalized spacial score (nSPS) is 23.9. The van der Waals surface area contributed by atoms with E-state index in [1.54, 1.807) is 0 Å². The van der Waals surface area contributed by atoms with Crippen molar-refractivity contribution < 1.29 is 0 Å². The van der Waals surface area contributed by atoms with E-state index in [0.717, 1.165) is 45.1 Å². The van der Waals surface area contributed by atoms with Gasteiger partial charge in [-0.1, -0.05) is 30.3 Å². The molecule has 32 heavy (non-hydrogen) atoms. The molecule has 2 heterocycles. The van der Waals surface area contributed by atoms with Crippen LogP contribution in [-0.2, 0) is 6.54 Å². The molecule has 2 unspecified atom stereocenters. The summed E-state index contributed by atoms with van der Waals surface area (Å²) >= 11 is 0. The van der Waals surface area contributed by atoms with E-state index in [1.807, 2.05) is 0 Å².